The summed E-state index contributed by atoms with van der Waals surface area (Å²) < 4.78 is 5.34. The Morgan fingerprint density at radius 3 is 2.85 bits per heavy atom. The normalized spacial score (nSPS) is 11.4. The number of fused-ring (bicyclic) bond motifs is 1. The van der Waals surface area contributed by atoms with E-state index in [-0.39, 0.29) is 0 Å². The van der Waals surface area contributed by atoms with Gasteiger partial charge in [0.15, 0.2) is 11.5 Å². The smallest absolute Gasteiger partial charge is 0.192 e. The first-order valence-electron chi connectivity index (χ1n) is 4.05. The lowest BCUT2D eigenvalue weighted by Crippen LogP contribution is -2.19. The second kappa shape index (κ2) is 2.83. The van der Waals surface area contributed by atoms with Crippen LogP contribution in [0, 0.1) is 6.92 Å². The first-order chi connectivity index (χ1) is 6.16. The maximum atomic E-state index is 5.53. The molecular formula is C9H11N3O. The van der Waals surface area contributed by atoms with Gasteiger partial charge in [0, 0.05) is 6.92 Å². The summed E-state index contributed by atoms with van der Waals surface area (Å²) >= 11 is 0. The van der Waals surface area contributed by atoms with Crippen molar-refractivity contribution in [1.29, 1.82) is 0 Å². The van der Waals surface area contributed by atoms with E-state index in [0.29, 0.717) is 5.89 Å². The lowest BCUT2D eigenvalue weighted by molar-refractivity contribution is 0.560. The second-order valence-corrected chi connectivity index (χ2v) is 2.99. The highest BCUT2D eigenvalue weighted by molar-refractivity contribution is 5.73. The van der Waals surface area contributed by atoms with Crippen LogP contribution in [-0.4, -0.2) is 4.98 Å². The summed E-state index contributed by atoms with van der Waals surface area (Å²) in [5.74, 6) is 0.651. The molecule has 0 spiro atoms. The molecule has 0 saturated heterocycles. The third-order valence-corrected chi connectivity index (χ3v) is 1.90. The summed E-state index contributed by atoms with van der Waals surface area (Å²) in [6.45, 7) is 1.81. The SMILES string of the molecule is Cc1nc2ccc(C(N)N)cc2o1. The van der Waals surface area contributed by atoms with Crippen LogP contribution in [0.4, 0.5) is 0 Å². The highest BCUT2D eigenvalue weighted by atomic mass is 16.3. The summed E-state index contributed by atoms with van der Waals surface area (Å²) in [4.78, 5) is 4.17. The molecule has 0 amide bonds. The molecule has 0 unspecified atom stereocenters. The molecule has 4 nitrogen and oxygen atoms in total. The van der Waals surface area contributed by atoms with E-state index >= 15 is 0 Å². The molecule has 0 radical (unpaired) electrons. The molecule has 1 aromatic carbocycles. The fourth-order valence-electron chi connectivity index (χ4n) is 1.26. The predicted molar refractivity (Wildman–Crippen MR) is 49.9 cm³/mol. The van der Waals surface area contributed by atoms with Gasteiger partial charge in [-0.15, -0.1) is 0 Å². The monoisotopic (exact) mass is 177 g/mol. The number of aryl methyl sites for hydroxylation is 1. The molecule has 0 aliphatic rings. The van der Waals surface area contributed by atoms with Crippen LogP contribution in [0.3, 0.4) is 0 Å². The molecule has 13 heavy (non-hydrogen) atoms. The summed E-state index contributed by atoms with van der Waals surface area (Å²) in [7, 11) is 0. The van der Waals surface area contributed by atoms with E-state index in [1.165, 1.54) is 0 Å². The van der Waals surface area contributed by atoms with Gasteiger partial charge in [-0.25, -0.2) is 4.98 Å². The standard InChI is InChI=1S/C9H11N3O/c1-5-12-7-3-2-6(9(10)11)4-8(7)13-5/h2-4,9H,10-11H2,1H3. The van der Waals surface area contributed by atoms with Gasteiger partial charge in [-0.3, -0.25) is 0 Å². The second-order valence-electron chi connectivity index (χ2n) is 2.99. The number of hydrogen-bond acceptors (Lipinski definition) is 4. The molecule has 0 bridgehead atoms. The molecule has 1 aromatic heterocycles. The van der Waals surface area contributed by atoms with Gasteiger partial charge in [0.25, 0.3) is 0 Å². The fourth-order valence-corrected chi connectivity index (χ4v) is 1.26. The topological polar surface area (TPSA) is 78.1 Å². The summed E-state index contributed by atoms with van der Waals surface area (Å²) in [6, 6.07) is 5.53. The van der Waals surface area contributed by atoms with Gasteiger partial charge < -0.3 is 15.9 Å². The maximum absolute atomic E-state index is 5.53. The molecule has 0 fully saturated rings. The minimum Gasteiger partial charge on any atom is -0.441 e. The van der Waals surface area contributed by atoms with Crippen molar-refractivity contribution in [2.24, 2.45) is 11.5 Å². The number of aromatic nitrogens is 1. The molecular weight excluding hydrogens is 166 g/mol. The van der Waals surface area contributed by atoms with Crippen molar-refractivity contribution >= 4 is 11.1 Å². The molecule has 0 aliphatic carbocycles. The van der Waals surface area contributed by atoms with E-state index in [2.05, 4.69) is 4.98 Å². The van der Waals surface area contributed by atoms with E-state index < -0.39 is 6.17 Å². The Labute approximate surface area is 75.5 Å². The summed E-state index contributed by atoms with van der Waals surface area (Å²) in [5, 5.41) is 0. The zero-order chi connectivity index (χ0) is 9.42. The van der Waals surface area contributed by atoms with Crippen molar-refractivity contribution in [1.82, 2.24) is 4.98 Å². The van der Waals surface area contributed by atoms with E-state index in [1.807, 2.05) is 25.1 Å². The Morgan fingerprint density at radius 2 is 2.15 bits per heavy atom. The van der Waals surface area contributed by atoms with Crippen LogP contribution in [0.5, 0.6) is 0 Å². The largest absolute Gasteiger partial charge is 0.441 e. The number of benzene rings is 1. The quantitative estimate of drug-likeness (QED) is 0.638. The Kier molecular flexibility index (Phi) is 1.79. The minimum absolute atomic E-state index is 0.463. The van der Waals surface area contributed by atoms with Gasteiger partial charge in [-0.1, -0.05) is 6.07 Å². The van der Waals surface area contributed by atoms with Crippen molar-refractivity contribution in [2.75, 3.05) is 0 Å². The first-order valence-corrected chi connectivity index (χ1v) is 4.05. The average molecular weight is 177 g/mol. The molecule has 0 saturated carbocycles. The van der Waals surface area contributed by atoms with Gasteiger partial charge in [-0.2, -0.15) is 0 Å². The third kappa shape index (κ3) is 1.41. The Morgan fingerprint density at radius 1 is 1.38 bits per heavy atom. The Bertz CT molecular complexity index is 433. The van der Waals surface area contributed by atoms with E-state index in [1.54, 1.807) is 0 Å². The van der Waals surface area contributed by atoms with Crippen molar-refractivity contribution in [2.45, 2.75) is 13.1 Å². The molecule has 2 rings (SSSR count). The molecule has 0 atom stereocenters. The van der Waals surface area contributed by atoms with Gasteiger partial charge in [-0.05, 0) is 17.7 Å². The highest BCUT2D eigenvalue weighted by Crippen LogP contribution is 2.18. The van der Waals surface area contributed by atoms with Crippen LogP contribution in [0.2, 0.25) is 0 Å². The van der Waals surface area contributed by atoms with Crippen LogP contribution in [0.15, 0.2) is 22.6 Å². The minimum atomic E-state index is -0.463. The number of hydrogen-bond donors (Lipinski definition) is 2. The van der Waals surface area contributed by atoms with Crippen LogP contribution in [0.25, 0.3) is 11.1 Å². The van der Waals surface area contributed by atoms with Gasteiger partial charge in [0.2, 0.25) is 0 Å². The fraction of sp³-hybridized carbons (Fsp3) is 0.222. The van der Waals surface area contributed by atoms with Gasteiger partial charge in [0.1, 0.15) is 5.52 Å². The molecule has 0 aliphatic heterocycles. The Hall–Kier alpha value is -1.39. The van der Waals surface area contributed by atoms with Crippen molar-refractivity contribution < 1.29 is 4.42 Å². The van der Waals surface area contributed by atoms with Crippen molar-refractivity contribution in [3.63, 3.8) is 0 Å². The van der Waals surface area contributed by atoms with E-state index in [4.69, 9.17) is 15.9 Å². The summed E-state index contributed by atoms with van der Waals surface area (Å²) in [5.41, 5.74) is 13.5. The molecule has 4 N–H and O–H groups in total. The average Bonchev–Trinajstić information content (AvgIpc) is 2.42. The van der Waals surface area contributed by atoms with Crippen LogP contribution in [-0.2, 0) is 0 Å². The van der Waals surface area contributed by atoms with Gasteiger partial charge in [0.05, 0.1) is 6.17 Å². The molecule has 2 aromatic rings. The van der Waals surface area contributed by atoms with Crippen LogP contribution >= 0.6 is 0 Å². The molecule has 1 heterocycles. The van der Waals surface area contributed by atoms with Gasteiger partial charge >= 0.3 is 0 Å². The number of rotatable bonds is 1. The zero-order valence-corrected chi connectivity index (χ0v) is 7.32. The zero-order valence-electron chi connectivity index (χ0n) is 7.32. The number of oxazole rings is 1. The lowest BCUT2D eigenvalue weighted by atomic mass is 10.2. The summed E-state index contributed by atoms with van der Waals surface area (Å²) in [6.07, 6.45) is -0.463. The van der Waals surface area contributed by atoms with Crippen LogP contribution in [0.1, 0.15) is 17.6 Å². The van der Waals surface area contributed by atoms with E-state index in [0.717, 1.165) is 16.7 Å². The van der Waals surface area contributed by atoms with E-state index in [9.17, 15) is 0 Å². The number of nitrogens with zero attached hydrogens (tertiary/aromatic N) is 1. The predicted octanol–water partition coefficient (Wildman–Crippen LogP) is 1.05. The molecule has 68 valence electrons. The maximum Gasteiger partial charge on any atom is 0.192 e. The third-order valence-electron chi connectivity index (χ3n) is 1.90. The highest BCUT2D eigenvalue weighted by Gasteiger charge is 2.05. The number of nitrogens with two attached hydrogens (primary N) is 2. The van der Waals surface area contributed by atoms with Crippen molar-refractivity contribution in [3.05, 3.63) is 29.7 Å². The molecule has 4 heteroatoms. The van der Waals surface area contributed by atoms with Crippen LogP contribution < -0.4 is 11.5 Å². The Balaban J connectivity index is 2.61. The lowest BCUT2D eigenvalue weighted by Gasteiger charge is -2.03. The van der Waals surface area contributed by atoms with Crippen molar-refractivity contribution in [3.8, 4) is 0 Å². The first kappa shape index (κ1) is 8.22.